The highest BCUT2D eigenvalue weighted by atomic mass is 16.4. The van der Waals surface area contributed by atoms with E-state index in [2.05, 4.69) is 15.5 Å². The number of aromatic nitrogens is 3. The van der Waals surface area contributed by atoms with Crippen molar-refractivity contribution in [3.63, 3.8) is 0 Å². The van der Waals surface area contributed by atoms with Crippen LogP contribution in [0.15, 0.2) is 18.3 Å². The number of aromatic carboxylic acids is 1. The van der Waals surface area contributed by atoms with Crippen molar-refractivity contribution in [1.82, 2.24) is 19.9 Å². The quantitative estimate of drug-likeness (QED) is 0.834. The molecular formula is C12H14N4O2. The number of hydrogen-bond donors (Lipinski definition) is 2. The summed E-state index contributed by atoms with van der Waals surface area (Å²) in [4.78, 5) is 11.0. The molecule has 1 unspecified atom stereocenters. The molecule has 1 atom stereocenters. The van der Waals surface area contributed by atoms with E-state index < -0.39 is 5.97 Å². The topological polar surface area (TPSA) is 79.5 Å². The molecule has 6 nitrogen and oxygen atoms in total. The van der Waals surface area contributed by atoms with Crippen LogP contribution in [0.1, 0.15) is 29.0 Å². The van der Waals surface area contributed by atoms with Crippen LogP contribution >= 0.6 is 0 Å². The molecule has 1 aliphatic heterocycles. The van der Waals surface area contributed by atoms with Gasteiger partial charge < -0.3 is 10.4 Å². The van der Waals surface area contributed by atoms with Crippen LogP contribution in [0.2, 0.25) is 0 Å². The Kier molecular flexibility index (Phi) is 2.71. The second-order valence-corrected chi connectivity index (χ2v) is 4.56. The first-order valence-electron chi connectivity index (χ1n) is 6.04. The monoisotopic (exact) mass is 246 g/mol. The number of hydrogen-bond acceptors (Lipinski definition) is 4. The van der Waals surface area contributed by atoms with Gasteiger partial charge >= 0.3 is 5.97 Å². The van der Waals surface area contributed by atoms with Gasteiger partial charge in [0.05, 0.1) is 5.56 Å². The van der Waals surface area contributed by atoms with Crippen molar-refractivity contribution in [2.45, 2.75) is 25.3 Å². The SMILES string of the molecule is O=C(O)c1ccc2nnc(CC3CCCN3)n2c1. The molecule has 0 spiro atoms. The minimum atomic E-state index is -0.935. The summed E-state index contributed by atoms with van der Waals surface area (Å²) in [6.07, 6.45) is 4.68. The molecule has 2 aromatic heterocycles. The summed E-state index contributed by atoms with van der Waals surface area (Å²) in [5.41, 5.74) is 0.941. The van der Waals surface area contributed by atoms with Crippen LogP contribution in [0, 0.1) is 0 Å². The molecule has 0 bridgehead atoms. The number of nitrogens with zero attached hydrogens (tertiary/aromatic N) is 3. The summed E-state index contributed by atoms with van der Waals surface area (Å²) in [7, 11) is 0. The zero-order valence-corrected chi connectivity index (χ0v) is 9.83. The van der Waals surface area contributed by atoms with E-state index in [0.29, 0.717) is 11.7 Å². The molecule has 0 aliphatic carbocycles. The molecule has 0 amide bonds. The Bertz CT molecular complexity index is 587. The van der Waals surface area contributed by atoms with E-state index in [-0.39, 0.29) is 5.56 Å². The molecule has 18 heavy (non-hydrogen) atoms. The van der Waals surface area contributed by atoms with E-state index in [9.17, 15) is 4.79 Å². The molecule has 1 fully saturated rings. The molecule has 94 valence electrons. The van der Waals surface area contributed by atoms with E-state index in [1.165, 1.54) is 6.42 Å². The van der Waals surface area contributed by atoms with Crippen molar-refractivity contribution in [3.8, 4) is 0 Å². The number of carboxylic acid groups (broad SMARTS) is 1. The smallest absolute Gasteiger partial charge is 0.337 e. The number of carbonyl (C=O) groups is 1. The van der Waals surface area contributed by atoms with Gasteiger partial charge in [-0.25, -0.2) is 4.79 Å². The van der Waals surface area contributed by atoms with Crippen molar-refractivity contribution in [2.24, 2.45) is 0 Å². The van der Waals surface area contributed by atoms with Crippen molar-refractivity contribution in [1.29, 1.82) is 0 Å². The van der Waals surface area contributed by atoms with Crippen molar-refractivity contribution in [3.05, 3.63) is 29.7 Å². The standard InChI is InChI=1S/C12H14N4O2/c17-12(18)8-3-4-10-14-15-11(16(10)7-8)6-9-2-1-5-13-9/h3-4,7,9,13H,1-2,5-6H2,(H,17,18). The predicted octanol–water partition coefficient (Wildman–Crippen LogP) is 0.722. The van der Waals surface area contributed by atoms with Gasteiger partial charge in [0, 0.05) is 18.7 Å². The third kappa shape index (κ3) is 1.95. The summed E-state index contributed by atoms with van der Waals surface area (Å²) >= 11 is 0. The second kappa shape index (κ2) is 4.38. The summed E-state index contributed by atoms with van der Waals surface area (Å²) in [5.74, 6) is -0.122. The van der Waals surface area contributed by atoms with Gasteiger partial charge in [0.1, 0.15) is 5.82 Å². The second-order valence-electron chi connectivity index (χ2n) is 4.56. The largest absolute Gasteiger partial charge is 0.478 e. The van der Waals surface area contributed by atoms with Crippen LogP contribution in [0.4, 0.5) is 0 Å². The van der Waals surface area contributed by atoms with E-state index in [1.54, 1.807) is 22.7 Å². The number of rotatable bonds is 3. The van der Waals surface area contributed by atoms with Gasteiger partial charge in [-0.3, -0.25) is 4.40 Å². The zero-order chi connectivity index (χ0) is 12.5. The Morgan fingerprint density at radius 2 is 2.39 bits per heavy atom. The van der Waals surface area contributed by atoms with E-state index in [1.807, 2.05) is 0 Å². The Hall–Kier alpha value is -1.95. The van der Waals surface area contributed by atoms with Gasteiger partial charge in [-0.05, 0) is 31.5 Å². The first kappa shape index (κ1) is 11.2. The fraction of sp³-hybridized carbons (Fsp3) is 0.417. The summed E-state index contributed by atoms with van der Waals surface area (Å²) in [6.45, 7) is 1.04. The lowest BCUT2D eigenvalue weighted by atomic mass is 10.1. The van der Waals surface area contributed by atoms with Crippen molar-refractivity contribution >= 4 is 11.6 Å². The van der Waals surface area contributed by atoms with Gasteiger partial charge in [0.15, 0.2) is 5.65 Å². The third-order valence-corrected chi connectivity index (χ3v) is 3.31. The number of pyridine rings is 1. The molecular weight excluding hydrogens is 232 g/mol. The number of fused-ring (bicyclic) bond motifs is 1. The van der Waals surface area contributed by atoms with Crippen LogP contribution in [-0.2, 0) is 6.42 Å². The lowest BCUT2D eigenvalue weighted by Crippen LogP contribution is -2.24. The Balaban J connectivity index is 1.95. The van der Waals surface area contributed by atoms with Crippen LogP contribution in [0.25, 0.3) is 5.65 Å². The Labute approximate surface area is 104 Å². The molecule has 6 heteroatoms. The Morgan fingerprint density at radius 1 is 1.50 bits per heavy atom. The average Bonchev–Trinajstić information content (AvgIpc) is 2.99. The predicted molar refractivity (Wildman–Crippen MR) is 64.7 cm³/mol. The first-order valence-corrected chi connectivity index (χ1v) is 6.04. The summed E-state index contributed by atoms with van der Waals surface area (Å²) < 4.78 is 1.77. The number of carboxylic acids is 1. The molecule has 0 saturated carbocycles. The van der Waals surface area contributed by atoms with Crippen molar-refractivity contribution in [2.75, 3.05) is 6.54 Å². The lowest BCUT2D eigenvalue weighted by Gasteiger charge is -2.08. The fourth-order valence-corrected chi connectivity index (χ4v) is 2.36. The highest BCUT2D eigenvalue weighted by Gasteiger charge is 2.18. The number of nitrogens with one attached hydrogen (secondary N) is 1. The molecule has 1 saturated heterocycles. The molecule has 3 rings (SSSR count). The maximum absolute atomic E-state index is 11.0. The summed E-state index contributed by atoms with van der Waals surface area (Å²) in [5, 5.41) is 20.6. The molecule has 1 aliphatic rings. The molecule has 3 heterocycles. The molecule has 2 N–H and O–H groups in total. The fourth-order valence-electron chi connectivity index (χ4n) is 2.36. The van der Waals surface area contributed by atoms with Crippen LogP contribution < -0.4 is 5.32 Å². The highest BCUT2D eigenvalue weighted by molar-refractivity contribution is 5.87. The van der Waals surface area contributed by atoms with E-state index in [4.69, 9.17) is 5.11 Å². The van der Waals surface area contributed by atoms with Crippen LogP contribution in [0.5, 0.6) is 0 Å². The van der Waals surface area contributed by atoms with Gasteiger partial charge in [0.2, 0.25) is 0 Å². The van der Waals surface area contributed by atoms with Crippen LogP contribution in [0.3, 0.4) is 0 Å². The van der Waals surface area contributed by atoms with Gasteiger partial charge in [-0.2, -0.15) is 0 Å². The minimum absolute atomic E-state index is 0.253. The molecule has 0 radical (unpaired) electrons. The molecule has 0 aromatic carbocycles. The zero-order valence-electron chi connectivity index (χ0n) is 9.83. The summed E-state index contributed by atoms with van der Waals surface area (Å²) in [6, 6.07) is 3.65. The van der Waals surface area contributed by atoms with Gasteiger partial charge in [-0.1, -0.05) is 0 Å². The van der Waals surface area contributed by atoms with Gasteiger partial charge in [0.25, 0.3) is 0 Å². The highest BCUT2D eigenvalue weighted by Crippen LogP contribution is 2.13. The maximum Gasteiger partial charge on any atom is 0.337 e. The van der Waals surface area contributed by atoms with E-state index in [0.717, 1.165) is 25.2 Å². The minimum Gasteiger partial charge on any atom is -0.478 e. The normalized spacial score (nSPS) is 19.4. The van der Waals surface area contributed by atoms with Gasteiger partial charge in [-0.15, -0.1) is 10.2 Å². The maximum atomic E-state index is 11.0. The first-order chi connectivity index (χ1) is 8.74. The lowest BCUT2D eigenvalue weighted by molar-refractivity contribution is 0.0696. The van der Waals surface area contributed by atoms with Crippen LogP contribution in [-0.4, -0.2) is 38.3 Å². The Morgan fingerprint density at radius 3 is 3.11 bits per heavy atom. The van der Waals surface area contributed by atoms with E-state index >= 15 is 0 Å². The average molecular weight is 246 g/mol. The van der Waals surface area contributed by atoms with Crippen molar-refractivity contribution < 1.29 is 9.90 Å². The third-order valence-electron chi connectivity index (χ3n) is 3.31. The molecule has 2 aromatic rings.